The Labute approximate surface area is 134 Å². The Kier molecular flexibility index (Phi) is 5.74. The molecule has 110 valence electrons. The van der Waals surface area contributed by atoms with Crippen LogP contribution < -0.4 is 0 Å². The molecule has 21 heavy (non-hydrogen) atoms. The maximum absolute atomic E-state index is 10.8. The van der Waals surface area contributed by atoms with Gasteiger partial charge in [0.1, 0.15) is 6.10 Å². The van der Waals surface area contributed by atoms with E-state index >= 15 is 0 Å². The van der Waals surface area contributed by atoms with Gasteiger partial charge in [0.05, 0.1) is 0 Å². The average molecular weight is 346 g/mol. The molecule has 1 atom stereocenters. The highest BCUT2D eigenvalue weighted by Crippen LogP contribution is 2.31. The molecule has 0 aliphatic heterocycles. The number of likely N-dealkylation sites (N-methyl/N-ethyl adjacent to an activating group) is 1. The molecule has 1 unspecified atom stereocenters. The van der Waals surface area contributed by atoms with Gasteiger partial charge in [0.2, 0.25) is 0 Å². The summed E-state index contributed by atoms with van der Waals surface area (Å²) in [6.07, 6.45) is 1.45. The lowest BCUT2D eigenvalue weighted by molar-refractivity contribution is 0.237. The fraction of sp³-hybridized carbons (Fsp3) is 0.222. The summed E-state index contributed by atoms with van der Waals surface area (Å²) in [7, 11) is 4.04. The smallest absolute Gasteiger partial charge is 0.104 e. The molecule has 0 aliphatic rings. The summed E-state index contributed by atoms with van der Waals surface area (Å²) in [6.45, 7) is 0.787. The maximum atomic E-state index is 10.8. The van der Waals surface area contributed by atoms with E-state index in [4.69, 9.17) is 0 Å². The number of hydrogen-bond acceptors (Lipinski definition) is 2. The van der Waals surface area contributed by atoms with E-state index in [-0.39, 0.29) is 0 Å². The van der Waals surface area contributed by atoms with E-state index in [0.717, 1.165) is 27.7 Å². The average Bonchev–Trinajstić information content (AvgIpc) is 2.48. The van der Waals surface area contributed by atoms with Crippen molar-refractivity contribution in [1.82, 2.24) is 4.90 Å². The van der Waals surface area contributed by atoms with Crippen molar-refractivity contribution in [3.8, 4) is 0 Å². The Balaban J connectivity index is 2.37. The number of rotatable bonds is 5. The molecule has 2 aromatic rings. The van der Waals surface area contributed by atoms with E-state index in [9.17, 15) is 5.11 Å². The lowest BCUT2D eigenvalue weighted by Crippen LogP contribution is -2.12. The van der Waals surface area contributed by atoms with Crippen LogP contribution in [0.15, 0.2) is 65.1 Å². The van der Waals surface area contributed by atoms with Gasteiger partial charge in [-0.05, 0) is 42.9 Å². The molecule has 0 aliphatic carbocycles. The van der Waals surface area contributed by atoms with Gasteiger partial charge in [-0.15, -0.1) is 0 Å². The fourth-order valence-corrected chi connectivity index (χ4v) is 2.57. The first-order chi connectivity index (χ1) is 10.1. The third kappa shape index (κ3) is 4.53. The highest BCUT2D eigenvalue weighted by atomic mass is 79.9. The molecule has 0 aromatic heterocycles. The van der Waals surface area contributed by atoms with E-state index < -0.39 is 6.10 Å². The molecule has 1 N–H and O–H groups in total. The Morgan fingerprint density at radius 2 is 1.86 bits per heavy atom. The molecular weight excluding hydrogens is 326 g/mol. The molecule has 0 heterocycles. The molecule has 0 bridgehead atoms. The molecular formula is C18H20BrNO. The van der Waals surface area contributed by atoms with E-state index in [1.807, 2.05) is 68.7 Å². The van der Waals surface area contributed by atoms with Crippen molar-refractivity contribution < 1.29 is 5.11 Å². The molecule has 0 fully saturated rings. The summed E-state index contributed by atoms with van der Waals surface area (Å²) < 4.78 is 0.971. The molecule has 0 radical (unpaired) electrons. The molecule has 2 aromatic carbocycles. The van der Waals surface area contributed by atoms with E-state index in [1.54, 1.807) is 0 Å². The molecule has 0 saturated heterocycles. The number of nitrogens with zero attached hydrogens (tertiary/aromatic N) is 1. The fourth-order valence-electron chi connectivity index (χ4n) is 2.16. The number of aliphatic hydroxyl groups is 1. The lowest BCUT2D eigenvalue weighted by atomic mass is 9.95. The SMILES string of the molecule is CN(C)C/C=C(\c1ccccc1)C(O)c1cccc(Br)c1. The molecule has 2 rings (SSSR count). The van der Waals surface area contributed by atoms with E-state index in [0.29, 0.717) is 0 Å². The van der Waals surface area contributed by atoms with Crippen LogP contribution in [0.4, 0.5) is 0 Å². The van der Waals surface area contributed by atoms with Crippen LogP contribution in [-0.4, -0.2) is 30.6 Å². The van der Waals surface area contributed by atoms with Gasteiger partial charge in [0, 0.05) is 11.0 Å². The lowest BCUT2D eigenvalue weighted by Gasteiger charge is -2.18. The second-order valence-corrected chi connectivity index (χ2v) is 6.16. The molecule has 0 saturated carbocycles. The first-order valence-corrected chi connectivity index (χ1v) is 7.71. The van der Waals surface area contributed by atoms with Crippen LogP contribution in [0.1, 0.15) is 17.2 Å². The maximum Gasteiger partial charge on any atom is 0.104 e. The molecule has 0 spiro atoms. The predicted octanol–water partition coefficient (Wildman–Crippen LogP) is 4.13. The van der Waals surface area contributed by atoms with Crippen LogP contribution in [0.25, 0.3) is 5.57 Å². The number of hydrogen-bond donors (Lipinski definition) is 1. The zero-order valence-electron chi connectivity index (χ0n) is 12.3. The van der Waals surface area contributed by atoms with Crippen molar-refractivity contribution in [3.05, 3.63) is 76.3 Å². The van der Waals surface area contributed by atoms with Gasteiger partial charge in [-0.2, -0.15) is 0 Å². The molecule has 2 nitrogen and oxygen atoms in total. The summed E-state index contributed by atoms with van der Waals surface area (Å²) in [5.74, 6) is 0. The van der Waals surface area contributed by atoms with Crippen molar-refractivity contribution >= 4 is 21.5 Å². The van der Waals surface area contributed by atoms with E-state index in [1.165, 1.54) is 0 Å². The van der Waals surface area contributed by atoms with Crippen molar-refractivity contribution in [2.75, 3.05) is 20.6 Å². The van der Waals surface area contributed by atoms with Gasteiger partial charge >= 0.3 is 0 Å². The molecule has 3 heteroatoms. The van der Waals surface area contributed by atoms with Crippen LogP contribution in [0.5, 0.6) is 0 Å². The minimum absolute atomic E-state index is 0.634. The first-order valence-electron chi connectivity index (χ1n) is 6.91. The van der Waals surface area contributed by atoms with Gasteiger partial charge in [-0.1, -0.05) is 64.5 Å². The Morgan fingerprint density at radius 1 is 1.14 bits per heavy atom. The minimum Gasteiger partial charge on any atom is -0.384 e. The van der Waals surface area contributed by atoms with Crippen LogP contribution in [0.2, 0.25) is 0 Å². The second-order valence-electron chi connectivity index (χ2n) is 5.25. The largest absolute Gasteiger partial charge is 0.384 e. The van der Waals surface area contributed by atoms with Crippen molar-refractivity contribution in [3.63, 3.8) is 0 Å². The number of aliphatic hydroxyl groups excluding tert-OH is 1. The van der Waals surface area contributed by atoms with Gasteiger partial charge in [0.15, 0.2) is 0 Å². The van der Waals surface area contributed by atoms with Crippen LogP contribution >= 0.6 is 15.9 Å². The Bertz CT molecular complexity index is 608. The van der Waals surface area contributed by atoms with Crippen molar-refractivity contribution in [2.45, 2.75) is 6.10 Å². The quantitative estimate of drug-likeness (QED) is 0.880. The Hall–Kier alpha value is -1.42. The second kappa shape index (κ2) is 7.55. The number of benzene rings is 2. The summed E-state index contributed by atoms with van der Waals surface area (Å²) in [5.41, 5.74) is 2.87. The standard InChI is InChI=1S/C18H20BrNO/c1-20(2)12-11-17(14-7-4-3-5-8-14)18(21)15-9-6-10-16(19)13-15/h3-11,13,18,21H,12H2,1-2H3/b17-11+. The Morgan fingerprint density at radius 3 is 2.48 bits per heavy atom. The zero-order chi connectivity index (χ0) is 15.2. The van der Waals surface area contributed by atoms with Crippen LogP contribution in [0, 0.1) is 0 Å². The third-order valence-corrected chi connectivity index (χ3v) is 3.74. The normalized spacial score (nSPS) is 13.5. The summed E-state index contributed by atoms with van der Waals surface area (Å²) in [5, 5.41) is 10.8. The minimum atomic E-state index is -0.634. The van der Waals surface area contributed by atoms with Gasteiger partial charge in [-0.3, -0.25) is 0 Å². The predicted molar refractivity (Wildman–Crippen MR) is 92.1 cm³/mol. The van der Waals surface area contributed by atoms with Crippen molar-refractivity contribution in [1.29, 1.82) is 0 Å². The highest BCUT2D eigenvalue weighted by Gasteiger charge is 2.15. The van der Waals surface area contributed by atoms with Gasteiger partial charge in [0.25, 0.3) is 0 Å². The summed E-state index contributed by atoms with van der Waals surface area (Å²) in [6, 6.07) is 17.8. The summed E-state index contributed by atoms with van der Waals surface area (Å²) in [4.78, 5) is 2.08. The number of halogens is 1. The first kappa shape index (κ1) is 16.0. The zero-order valence-corrected chi connectivity index (χ0v) is 13.9. The van der Waals surface area contributed by atoms with Gasteiger partial charge in [-0.25, -0.2) is 0 Å². The topological polar surface area (TPSA) is 23.5 Å². The third-order valence-electron chi connectivity index (χ3n) is 3.24. The monoisotopic (exact) mass is 345 g/mol. The summed E-state index contributed by atoms with van der Waals surface area (Å²) >= 11 is 3.46. The van der Waals surface area contributed by atoms with E-state index in [2.05, 4.69) is 26.9 Å². The molecule has 0 amide bonds. The van der Waals surface area contributed by atoms with Gasteiger partial charge < -0.3 is 10.0 Å². The van der Waals surface area contributed by atoms with Crippen LogP contribution in [-0.2, 0) is 0 Å². The highest BCUT2D eigenvalue weighted by molar-refractivity contribution is 9.10. The van der Waals surface area contributed by atoms with Crippen LogP contribution in [0.3, 0.4) is 0 Å². The van der Waals surface area contributed by atoms with Crippen molar-refractivity contribution in [2.24, 2.45) is 0 Å².